The monoisotopic (exact) mass is 628 g/mol. The van der Waals surface area contributed by atoms with Gasteiger partial charge in [-0.15, -0.1) is 0 Å². The largest absolute Gasteiger partial charge is 0.336 e. The predicted octanol–water partition coefficient (Wildman–Crippen LogP) is 10.6. The second-order valence-corrected chi connectivity index (χ2v) is 13.0. The Morgan fingerprint density at radius 2 is 1.45 bits per heavy atom. The zero-order chi connectivity index (χ0) is 32.9. The Bertz CT molecular complexity index is 2550. The molecule has 9 rings (SSSR count). The predicted molar refractivity (Wildman–Crippen MR) is 199 cm³/mol. The van der Waals surface area contributed by atoms with Gasteiger partial charge in [-0.25, -0.2) is 0 Å². The minimum absolute atomic E-state index is 0.0191. The Balaban J connectivity index is 1.17. The van der Waals surface area contributed by atoms with Crippen LogP contribution in [0.25, 0.3) is 50.8 Å². The number of benzene rings is 4. The van der Waals surface area contributed by atoms with Crippen LogP contribution in [0.5, 0.6) is 0 Å². The Morgan fingerprint density at radius 1 is 0.673 bits per heavy atom. The summed E-state index contributed by atoms with van der Waals surface area (Å²) in [7, 11) is 0. The molecule has 4 heteroatoms. The lowest BCUT2D eigenvalue weighted by molar-refractivity contribution is 0.547. The Hall–Kier alpha value is -6.36. The molecule has 3 aliphatic carbocycles. The van der Waals surface area contributed by atoms with E-state index in [1.807, 2.05) is 6.07 Å². The number of aromatic nitrogens is 2. The maximum atomic E-state index is 10.0. The molecule has 2 unspecified atom stereocenters. The zero-order valence-corrected chi connectivity index (χ0v) is 26.9. The van der Waals surface area contributed by atoms with Crippen molar-refractivity contribution in [1.29, 1.82) is 10.5 Å². The van der Waals surface area contributed by atoms with Crippen LogP contribution in [0, 0.1) is 22.7 Å². The number of rotatable bonds is 4. The van der Waals surface area contributed by atoms with Gasteiger partial charge in [0.1, 0.15) is 0 Å². The summed E-state index contributed by atoms with van der Waals surface area (Å²) in [5.74, 6) is 0.0191. The molecule has 2 aromatic heterocycles. The molecule has 4 aromatic carbocycles. The van der Waals surface area contributed by atoms with E-state index in [2.05, 4.69) is 161 Å². The van der Waals surface area contributed by atoms with Crippen molar-refractivity contribution in [1.82, 2.24) is 9.13 Å². The molecular weight excluding hydrogens is 597 g/mol. The molecule has 0 amide bonds. The highest BCUT2D eigenvalue weighted by Gasteiger charge is 2.29. The zero-order valence-electron chi connectivity index (χ0n) is 26.9. The number of nitrogens with zero attached hydrogens (tertiary/aromatic N) is 4. The van der Waals surface area contributed by atoms with Crippen LogP contribution >= 0.6 is 0 Å². The highest BCUT2D eigenvalue weighted by Crippen LogP contribution is 2.44. The quantitative estimate of drug-likeness (QED) is 0.195. The third-order valence-electron chi connectivity index (χ3n) is 10.4. The summed E-state index contributed by atoms with van der Waals surface area (Å²) in [6.07, 6.45) is 22.2. The van der Waals surface area contributed by atoms with Crippen molar-refractivity contribution < 1.29 is 0 Å². The molecule has 0 saturated carbocycles. The number of para-hydroxylation sites is 2. The van der Waals surface area contributed by atoms with Gasteiger partial charge in [-0.3, -0.25) is 0 Å². The average Bonchev–Trinajstić information content (AvgIpc) is 3.54. The van der Waals surface area contributed by atoms with Gasteiger partial charge in [-0.05, 0) is 72.0 Å². The van der Waals surface area contributed by atoms with Crippen LogP contribution in [-0.4, -0.2) is 9.13 Å². The molecule has 2 atom stereocenters. The van der Waals surface area contributed by atoms with Gasteiger partial charge < -0.3 is 9.13 Å². The van der Waals surface area contributed by atoms with Crippen molar-refractivity contribution in [2.45, 2.75) is 31.2 Å². The van der Waals surface area contributed by atoms with E-state index in [1.54, 1.807) is 0 Å². The van der Waals surface area contributed by atoms with Gasteiger partial charge in [0.2, 0.25) is 0 Å². The molecule has 0 saturated heterocycles. The standard InChI is InChI=1S/C45H32N4/c46-28-30-18-24-34(32-20-22-33(23-21-32)48-41-15-7-6-13-38(41)40-27-31(29-47)19-25-45(40)48)39(26-30)37-12-5-9-17-44(37)49-42-14-3-1-2-10-35(42)36-11-4-8-16-43(36)49/h1-13,15-18,20-24,26-27,37,44H,14,19,25H2. The minimum atomic E-state index is 0.0191. The van der Waals surface area contributed by atoms with Gasteiger partial charge in [0.15, 0.2) is 0 Å². The van der Waals surface area contributed by atoms with Crippen LogP contribution in [0.2, 0.25) is 0 Å². The lowest BCUT2D eigenvalue weighted by Crippen LogP contribution is -2.19. The van der Waals surface area contributed by atoms with Gasteiger partial charge in [0.25, 0.3) is 0 Å². The van der Waals surface area contributed by atoms with Gasteiger partial charge in [-0.2, -0.15) is 10.5 Å². The van der Waals surface area contributed by atoms with E-state index in [0.29, 0.717) is 5.56 Å². The molecule has 0 radical (unpaired) electrons. The van der Waals surface area contributed by atoms with Crippen molar-refractivity contribution in [3.05, 3.63) is 173 Å². The number of allylic oxidation sites excluding steroid dienone is 8. The van der Waals surface area contributed by atoms with Crippen LogP contribution in [0.4, 0.5) is 0 Å². The van der Waals surface area contributed by atoms with Crippen molar-refractivity contribution in [2.24, 2.45) is 0 Å². The van der Waals surface area contributed by atoms with Crippen molar-refractivity contribution in [3.63, 3.8) is 0 Å². The van der Waals surface area contributed by atoms with Gasteiger partial charge in [0, 0.05) is 62.4 Å². The molecule has 49 heavy (non-hydrogen) atoms. The molecule has 0 fully saturated rings. The summed E-state index contributed by atoms with van der Waals surface area (Å²) in [6, 6.07) is 37.0. The fraction of sp³-hybridized carbons (Fsp3) is 0.111. The minimum Gasteiger partial charge on any atom is -0.336 e. The normalized spacial score (nSPS) is 17.7. The van der Waals surface area contributed by atoms with Crippen molar-refractivity contribution >= 4 is 34.0 Å². The molecule has 6 aromatic rings. The lowest BCUT2D eigenvalue weighted by Gasteiger charge is -2.30. The second-order valence-electron chi connectivity index (χ2n) is 13.0. The highest BCUT2D eigenvalue weighted by atomic mass is 15.0. The molecule has 0 bridgehead atoms. The second kappa shape index (κ2) is 11.7. The van der Waals surface area contributed by atoms with Crippen molar-refractivity contribution in [3.8, 4) is 29.0 Å². The fourth-order valence-corrected chi connectivity index (χ4v) is 8.19. The third kappa shape index (κ3) is 4.65. The fourth-order valence-electron chi connectivity index (χ4n) is 8.19. The maximum Gasteiger partial charge on any atom is 0.0991 e. The van der Waals surface area contributed by atoms with Gasteiger partial charge in [-0.1, -0.05) is 103 Å². The lowest BCUT2D eigenvalue weighted by atomic mass is 9.82. The molecule has 4 nitrogen and oxygen atoms in total. The van der Waals surface area contributed by atoms with Crippen LogP contribution in [-0.2, 0) is 12.8 Å². The Kier molecular flexibility index (Phi) is 6.89. The average molecular weight is 629 g/mol. The van der Waals surface area contributed by atoms with Crippen LogP contribution in [0.3, 0.4) is 0 Å². The molecule has 0 N–H and O–H groups in total. The van der Waals surface area contributed by atoms with Gasteiger partial charge in [0.05, 0.1) is 29.3 Å². The van der Waals surface area contributed by atoms with Crippen molar-refractivity contribution in [2.75, 3.05) is 0 Å². The SMILES string of the molecule is N#CC1=Cc2c(n(-c3ccc(-c4ccc(C#N)cc4C4C=CC=CC4n4c5c(c6ccccc64)C=CC=CC5)cc3)c3ccccc23)CC1. The van der Waals surface area contributed by atoms with Gasteiger partial charge >= 0.3 is 0 Å². The maximum absolute atomic E-state index is 10.0. The summed E-state index contributed by atoms with van der Waals surface area (Å²) in [4.78, 5) is 0. The third-order valence-corrected chi connectivity index (χ3v) is 10.4. The first-order valence-electron chi connectivity index (χ1n) is 16.9. The summed E-state index contributed by atoms with van der Waals surface area (Å²) < 4.78 is 4.88. The summed E-state index contributed by atoms with van der Waals surface area (Å²) in [5, 5.41) is 22.1. The number of fused-ring (bicyclic) bond motifs is 6. The van der Waals surface area contributed by atoms with Crippen LogP contribution in [0.15, 0.2) is 139 Å². The smallest absolute Gasteiger partial charge is 0.0991 e. The van der Waals surface area contributed by atoms with E-state index in [9.17, 15) is 10.5 Å². The van der Waals surface area contributed by atoms with Crippen LogP contribution in [0.1, 0.15) is 52.0 Å². The Morgan fingerprint density at radius 3 is 2.27 bits per heavy atom. The van der Waals surface area contributed by atoms with E-state index in [1.165, 1.54) is 33.2 Å². The number of hydrogen-bond acceptors (Lipinski definition) is 2. The summed E-state index contributed by atoms with van der Waals surface area (Å²) >= 11 is 0. The first-order chi connectivity index (χ1) is 24.2. The molecule has 0 spiro atoms. The molecule has 232 valence electrons. The van der Waals surface area contributed by atoms with E-state index < -0.39 is 0 Å². The molecule has 2 heterocycles. The van der Waals surface area contributed by atoms with E-state index >= 15 is 0 Å². The first-order valence-corrected chi connectivity index (χ1v) is 16.9. The number of hydrogen-bond donors (Lipinski definition) is 0. The van der Waals surface area contributed by atoms with E-state index in [0.717, 1.165) is 58.3 Å². The topological polar surface area (TPSA) is 57.4 Å². The highest BCUT2D eigenvalue weighted by molar-refractivity contribution is 5.94. The molecule has 0 aliphatic heterocycles. The Labute approximate surface area is 285 Å². The summed E-state index contributed by atoms with van der Waals surface area (Å²) in [5.41, 5.74) is 13.3. The van der Waals surface area contributed by atoms with E-state index in [4.69, 9.17) is 0 Å². The van der Waals surface area contributed by atoms with Crippen LogP contribution < -0.4 is 0 Å². The number of nitriles is 2. The molecular formula is C45H32N4. The van der Waals surface area contributed by atoms with E-state index in [-0.39, 0.29) is 12.0 Å². The summed E-state index contributed by atoms with van der Waals surface area (Å²) in [6.45, 7) is 0. The first kappa shape index (κ1) is 28.8. The molecule has 3 aliphatic rings.